The van der Waals surface area contributed by atoms with Gasteiger partial charge in [0.15, 0.2) is 5.17 Å². The minimum Gasteiger partial charge on any atom is -0.496 e. The standard InChI is InChI=1S/C30H28N6O5S2/c1-16-26(33-29-36(16)34-30(39-5)43-29)25-14-21-23(12-20(38-4)13-24(21)41-25)40-15-22-17(2)42-27(32-22)18-6-8-19(9-7-18)28(37)35(3)11-10-31/h6-9,12-14,16,26H,11,15H2,1-5H3. The van der Waals surface area contributed by atoms with Crippen LogP contribution in [0, 0.1) is 18.3 Å². The average molecular weight is 617 g/mol. The Kier molecular flexibility index (Phi) is 7.72. The second kappa shape index (κ2) is 11.6. The number of hydrazone groups is 1. The van der Waals surface area contributed by atoms with Gasteiger partial charge < -0.3 is 23.5 Å². The number of aliphatic imine (C=N–C) groups is 1. The molecule has 0 N–H and O–H groups in total. The first-order chi connectivity index (χ1) is 20.8. The van der Waals surface area contributed by atoms with Crippen LogP contribution in [0.4, 0.5) is 0 Å². The molecule has 13 heteroatoms. The van der Waals surface area contributed by atoms with Crippen LogP contribution >= 0.6 is 23.1 Å². The monoisotopic (exact) mass is 616 g/mol. The maximum Gasteiger partial charge on any atom is 0.275 e. The van der Waals surface area contributed by atoms with E-state index in [0.717, 1.165) is 31.7 Å². The summed E-state index contributed by atoms with van der Waals surface area (Å²) in [4.78, 5) is 24.6. The molecule has 2 atom stereocenters. The number of fused-ring (bicyclic) bond motifs is 2. The molecule has 2 aromatic carbocycles. The lowest BCUT2D eigenvalue weighted by Crippen LogP contribution is -2.26. The molecule has 4 aromatic rings. The summed E-state index contributed by atoms with van der Waals surface area (Å²) in [6.45, 7) is 4.35. The Morgan fingerprint density at radius 2 is 1.98 bits per heavy atom. The smallest absolute Gasteiger partial charge is 0.275 e. The van der Waals surface area contributed by atoms with Crippen LogP contribution in [-0.4, -0.2) is 65.1 Å². The maximum absolute atomic E-state index is 12.5. The van der Waals surface area contributed by atoms with Gasteiger partial charge in [-0.1, -0.05) is 12.1 Å². The summed E-state index contributed by atoms with van der Waals surface area (Å²) in [6.07, 6.45) is 0. The molecule has 0 saturated carbocycles. The van der Waals surface area contributed by atoms with E-state index < -0.39 is 0 Å². The number of ether oxygens (including phenoxy) is 3. The summed E-state index contributed by atoms with van der Waals surface area (Å²) < 4.78 is 23.4. The van der Waals surface area contributed by atoms with E-state index in [1.54, 1.807) is 44.7 Å². The fourth-order valence-electron chi connectivity index (χ4n) is 4.84. The number of thioether (sulfide) groups is 1. The van der Waals surface area contributed by atoms with Crippen molar-refractivity contribution in [1.82, 2.24) is 14.9 Å². The number of aromatic nitrogens is 1. The van der Waals surface area contributed by atoms with Gasteiger partial charge >= 0.3 is 0 Å². The highest BCUT2D eigenvalue weighted by Gasteiger charge is 2.41. The zero-order valence-electron chi connectivity index (χ0n) is 24.2. The normalized spacial score (nSPS) is 17.3. The Morgan fingerprint density at radius 3 is 2.67 bits per heavy atom. The molecular weight excluding hydrogens is 589 g/mol. The number of nitriles is 1. The predicted octanol–water partition coefficient (Wildman–Crippen LogP) is 5.81. The van der Waals surface area contributed by atoms with E-state index in [1.165, 1.54) is 16.7 Å². The van der Waals surface area contributed by atoms with Gasteiger partial charge in [-0.3, -0.25) is 4.79 Å². The van der Waals surface area contributed by atoms with Crippen molar-refractivity contribution in [3.63, 3.8) is 0 Å². The molecule has 220 valence electrons. The fourth-order valence-corrected chi connectivity index (χ4v) is 6.60. The van der Waals surface area contributed by atoms with Gasteiger partial charge in [-0.05, 0) is 32.0 Å². The molecule has 0 bridgehead atoms. The molecule has 0 fully saturated rings. The summed E-state index contributed by atoms with van der Waals surface area (Å²) in [5, 5.41) is 18.2. The molecule has 11 nitrogen and oxygen atoms in total. The summed E-state index contributed by atoms with van der Waals surface area (Å²) in [5.74, 6) is 1.75. The number of methoxy groups -OCH3 is 2. The van der Waals surface area contributed by atoms with Gasteiger partial charge in [-0.25, -0.2) is 15.0 Å². The molecule has 2 aliphatic rings. The van der Waals surface area contributed by atoms with E-state index in [2.05, 4.69) is 12.0 Å². The van der Waals surface area contributed by atoms with Gasteiger partial charge in [0.05, 0.1) is 37.4 Å². The van der Waals surface area contributed by atoms with Crippen LogP contribution in [0.1, 0.15) is 39.7 Å². The topological polar surface area (TPSA) is 126 Å². The van der Waals surface area contributed by atoms with Crippen LogP contribution in [0.25, 0.3) is 21.5 Å². The van der Waals surface area contributed by atoms with E-state index in [-0.39, 0.29) is 31.1 Å². The fraction of sp³-hybridized carbons (Fsp3) is 0.300. The number of nitrogens with zero attached hydrogens (tertiary/aromatic N) is 6. The number of carbonyl (C=O) groups excluding carboxylic acids is 1. The van der Waals surface area contributed by atoms with Crippen molar-refractivity contribution in [1.29, 1.82) is 5.26 Å². The SMILES string of the molecule is COC1=NN2C(=NC(c3cc4c(OCc5nc(-c6ccc(C(=O)N(C)CC#N)cc6)sc5C)cc(OC)cc4o3)C2C)S1. The van der Waals surface area contributed by atoms with E-state index in [1.807, 2.05) is 48.3 Å². The Morgan fingerprint density at radius 1 is 1.19 bits per heavy atom. The van der Waals surface area contributed by atoms with E-state index in [9.17, 15) is 4.79 Å². The summed E-state index contributed by atoms with van der Waals surface area (Å²) in [5.41, 5.74) is 2.87. The van der Waals surface area contributed by atoms with Crippen molar-refractivity contribution >= 4 is 50.4 Å². The number of amides is 1. The number of amidine groups is 1. The van der Waals surface area contributed by atoms with Crippen molar-refractivity contribution < 1.29 is 23.4 Å². The Bertz CT molecular complexity index is 1810. The Hall–Kier alpha value is -4.54. The first kappa shape index (κ1) is 28.6. The number of hydrogen-bond donors (Lipinski definition) is 0. The number of rotatable bonds is 8. The molecule has 0 saturated heterocycles. The van der Waals surface area contributed by atoms with Gasteiger partial charge in [-0.2, -0.15) is 5.26 Å². The molecule has 2 aromatic heterocycles. The van der Waals surface area contributed by atoms with Crippen molar-refractivity contribution in [3.05, 3.63) is 64.4 Å². The van der Waals surface area contributed by atoms with E-state index in [0.29, 0.717) is 33.6 Å². The van der Waals surface area contributed by atoms with Gasteiger partial charge in [-0.15, -0.1) is 16.4 Å². The number of furan rings is 1. The van der Waals surface area contributed by atoms with E-state index in [4.69, 9.17) is 33.9 Å². The highest BCUT2D eigenvalue weighted by atomic mass is 32.2. The van der Waals surface area contributed by atoms with Crippen LogP contribution in [0.3, 0.4) is 0 Å². The lowest BCUT2D eigenvalue weighted by molar-refractivity contribution is 0.0812. The van der Waals surface area contributed by atoms with Crippen LogP contribution in [-0.2, 0) is 11.3 Å². The summed E-state index contributed by atoms with van der Waals surface area (Å²) in [7, 11) is 4.81. The molecule has 1 amide bonds. The molecule has 43 heavy (non-hydrogen) atoms. The third-order valence-corrected chi connectivity index (χ3v) is 9.20. The van der Waals surface area contributed by atoms with Crippen LogP contribution < -0.4 is 9.47 Å². The van der Waals surface area contributed by atoms with Crippen LogP contribution in [0.5, 0.6) is 11.5 Å². The van der Waals surface area contributed by atoms with E-state index >= 15 is 0 Å². The average Bonchev–Trinajstić information content (AvgIpc) is 3.78. The highest BCUT2D eigenvalue weighted by Crippen LogP contribution is 2.42. The summed E-state index contributed by atoms with van der Waals surface area (Å²) >= 11 is 2.96. The van der Waals surface area contributed by atoms with Crippen molar-refractivity contribution in [3.8, 4) is 28.1 Å². The lowest BCUT2D eigenvalue weighted by atomic mass is 10.1. The van der Waals surface area contributed by atoms with Crippen molar-refractivity contribution in [2.75, 3.05) is 27.8 Å². The molecule has 2 aliphatic heterocycles. The molecule has 0 radical (unpaired) electrons. The van der Waals surface area contributed by atoms with Crippen molar-refractivity contribution in [2.45, 2.75) is 32.5 Å². The zero-order valence-corrected chi connectivity index (χ0v) is 25.8. The zero-order chi connectivity index (χ0) is 30.2. The van der Waals surface area contributed by atoms with Crippen molar-refractivity contribution in [2.24, 2.45) is 10.1 Å². The molecular formula is C30H28N6O5S2. The molecule has 0 aliphatic carbocycles. The molecule has 2 unspecified atom stereocenters. The lowest BCUT2D eigenvalue weighted by Gasteiger charge is -2.17. The third-order valence-electron chi connectivity index (χ3n) is 7.24. The largest absolute Gasteiger partial charge is 0.496 e. The van der Waals surface area contributed by atoms with Gasteiger partial charge in [0, 0.05) is 46.9 Å². The molecule has 0 spiro atoms. The number of benzene rings is 2. The van der Waals surface area contributed by atoms with Gasteiger partial charge in [0.2, 0.25) is 0 Å². The quantitative estimate of drug-likeness (QED) is 0.225. The number of carbonyl (C=O) groups is 1. The van der Waals surface area contributed by atoms with Crippen LogP contribution in [0.15, 0.2) is 57.0 Å². The Balaban J connectivity index is 1.21. The molecule has 6 rings (SSSR count). The number of hydrogen-bond acceptors (Lipinski definition) is 12. The minimum absolute atomic E-state index is 0.0341. The Labute approximate surface area is 256 Å². The second-order valence-corrected chi connectivity index (χ2v) is 12.1. The van der Waals surface area contributed by atoms with Crippen LogP contribution in [0.2, 0.25) is 0 Å². The minimum atomic E-state index is -0.229. The van der Waals surface area contributed by atoms with Gasteiger partial charge in [0.25, 0.3) is 11.1 Å². The third kappa shape index (κ3) is 5.39. The summed E-state index contributed by atoms with van der Waals surface area (Å²) in [6, 6.07) is 14.6. The second-order valence-electron chi connectivity index (χ2n) is 10.0. The maximum atomic E-state index is 12.5. The highest BCUT2D eigenvalue weighted by molar-refractivity contribution is 8.26. The molecule has 4 heterocycles. The first-order valence-corrected chi connectivity index (χ1v) is 15.0. The first-order valence-electron chi connectivity index (χ1n) is 13.4. The van der Waals surface area contributed by atoms with Gasteiger partial charge in [0.1, 0.15) is 47.0 Å². The predicted molar refractivity (Wildman–Crippen MR) is 165 cm³/mol. The number of aryl methyl sites for hydroxylation is 1. The number of thiazole rings is 1.